The molecule has 0 radical (unpaired) electrons. The van der Waals surface area contributed by atoms with Crippen LogP contribution in [0.4, 0.5) is 15.3 Å². The van der Waals surface area contributed by atoms with Gasteiger partial charge in [0, 0.05) is 12.2 Å². The lowest BCUT2D eigenvalue weighted by molar-refractivity contribution is -0.125. The van der Waals surface area contributed by atoms with Crippen molar-refractivity contribution in [3.05, 3.63) is 59.7 Å². The number of ether oxygens (including phenoxy) is 1. The Bertz CT molecular complexity index is 866. The number of rotatable bonds is 7. The standard InChI is InChI=1S/C21H23N3O4S/c1-14(2)28-18-9-5-15(6-10-18)11-22-20(26)23-17-7-3-16(4-8-17)12-24-19(25)13-29-21(24)27/h3-10,14H,11-13H2,1-2H3,(H2,22,23,26). The molecule has 1 heterocycles. The number of carbonyl (C=O) groups is 3. The predicted octanol–water partition coefficient (Wildman–Crippen LogP) is 3.99. The van der Waals surface area contributed by atoms with E-state index in [1.54, 1.807) is 24.3 Å². The molecule has 0 bridgehead atoms. The van der Waals surface area contributed by atoms with Gasteiger partial charge in [-0.3, -0.25) is 14.5 Å². The van der Waals surface area contributed by atoms with Gasteiger partial charge in [-0.05, 0) is 49.2 Å². The molecule has 0 spiro atoms. The molecule has 0 aliphatic carbocycles. The SMILES string of the molecule is CC(C)Oc1ccc(CNC(=O)Nc2ccc(CN3C(=O)CSC3=O)cc2)cc1. The molecule has 0 aromatic heterocycles. The van der Waals surface area contributed by atoms with E-state index in [-0.39, 0.29) is 35.6 Å². The summed E-state index contributed by atoms with van der Waals surface area (Å²) in [5.74, 6) is 0.821. The van der Waals surface area contributed by atoms with Crippen LogP contribution in [-0.2, 0) is 17.9 Å². The second-order valence-electron chi connectivity index (χ2n) is 6.85. The van der Waals surface area contributed by atoms with Crippen LogP contribution in [0.3, 0.4) is 0 Å². The summed E-state index contributed by atoms with van der Waals surface area (Å²) in [6.45, 7) is 4.57. The third-order valence-corrected chi connectivity index (χ3v) is 5.00. The molecule has 8 heteroatoms. The minimum atomic E-state index is -0.318. The molecule has 4 amide bonds. The lowest BCUT2D eigenvalue weighted by Gasteiger charge is -2.13. The van der Waals surface area contributed by atoms with E-state index in [2.05, 4.69) is 10.6 Å². The maximum Gasteiger partial charge on any atom is 0.319 e. The van der Waals surface area contributed by atoms with Gasteiger partial charge in [-0.25, -0.2) is 4.79 Å². The van der Waals surface area contributed by atoms with Crippen LogP contribution in [0.5, 0.6) is 5.75 Å². The second kappa shape index (κ2) is 9.47. The molecule has 0 saturated carbocycles. The Morgan fingerprint density at radius 3 is 2.31 bits per heavy atom. The number of nitrogens with zero attached hydrogens (tertiary/aromatic N) is 1. The van der Waals surface area contributed by atoms with Gasteiger partial charge in [0.05, 0.1) is 18.4 Å². The molecule has 0 unspecified atom stereocenters. The molecule has 3 rings (SSSR count). The first kappa shape index (κ1) is 20.7. The van der Waals surface area contributed by atoms with E-state index in [0.717, 1.165) is 28.6 Å². The van der Waals surface area contributed by atoms with E-state index in [0.29, 0.717) is 12.2 Å². The first-order valence-electron chi connectivity index (χ1n) is 9.27. The van der Waals surface area contributed by atoms with Crippen molar-refractivity contribution in [3.8, 4) is 5.75 Å². The zero-order chi connectivity index (χ0) is 20.8. The monoisotopic (exact) mass is 413 g/mol. The Morgan fingerprint density at radius 1 is 1.07 bits per heavy atom. The van der Waals surface area contributed by atoms with Crippen molar-refractivity contribution in [2.24, 2.45) is 0 Å². The normalized spacial score (nSPS) is 13.7. The molecule has 0 atom stereocenters. The van der Waals surface area contributed by atoms with Crippen molar-refractivity contribution in [1.82, 2.24) is 10.2 Å². The molecule has 152 valence electrons. The summed E-state index contributed by atoms with van der Waals surface area (Å²) in [6, 6.07) is 14.3. The van der Waals surface area contributed by atoms with Crippen LogP contribution in [0.2, 0.25) is 0 Å². The zero-order valence-electron chi connectivity index (χ0n) is 16.3. The summed E-state index contributed by atoms with van der Waals surface area (Å²) in [4.78, 5) is 36.7. The summed E-state index contributed by atoms with van der Waals surface area (Å²) in [6.07, 6.45) is 0.117. The van der Waals surface area contributed by atoms with Crippen molar-refractivity contribution in [3.63, 3.8) is 0 Å². The number of hydrogen-bond donors (Lipinski definition) is 2. The Morgan fingerprint density at radius 2 is 1.72 bits per heavy atom. The van der Waals surface area contributed by atoms with E-state index in [4.69, 9.17) is 4.74 Å². The van der Waals surface area contributed by atoms with Crippen molar-refractivity contribution in [1.29, 1.82) is 0 Å². The minimum absolute atomic E-state index is 0.117. The minimum Gasteiger partial charge on any atom is -0.491 e. The number of nitrogens with one attached hydrogen (secondary N) is 2. The van der Waals surface area contributed by atoms with Gasteiger partial charge in [-0.2, -0.15) is 0 Å². The Kier molecular flexibility index (Phi) is 6.77. The Balaban J connectivity index is 1.46. The van der Waals surface area contributed by atoms with Gasteiger partial charge < -0.3 is 15.4 Å². The molecule has 7 nitrogen and oxygen atoms in total. The first-order valence-corrected chi connectivity index (χ1v) is 10.3. The fourth-order valence-electron chi connectivity index (χ4n) is 2.73. The predicted molar refractivity (Wildman–Crippen MR) is 113 cm³/mol. The highest BCUT2D eigenvalue weighted by molar-refractivity contribution is 8.14. The van der Waals surface area contributed by atoms with Gasteiger partial charge in [0.1, 0.15) is 5.75 Å². The van der Waals surface area contributed by atoms with Crippen LogP contribution >= 0.6 is 11.8 Å². The van der Waals surface area contributed by atoms with Crippen molar-refractivity contribution < 1.29 is 19.1 Å². The fourth-order valence-corrected chi connectivity index (χ4v) is 3.45. The molecular formula is C21H23N3O4S. The summed E-state index contributed by atoms with van der Waals surface area (Å²) in [7, 11) is 0. The number of hydrogen-bond acceptors (Lipinski definition) is 5. The summed E-state index contributed by atoms with van der Waals surface area (Å²) < 4.78 is 5.60. The Hall–Kier alpha value is -3.00. The molecule has 1 aliphatic heterocycles. The number of imide groups is 1. The highest BCUT2D eigenvalue weighted by atomic mass is 32.2. The van der Waals surface area contributed by atoms with Gasteiger partial charge in [0.25, 0.3) is 5.24 Å². The molecule has 1 saturated heterocycles. The summed E-state index contributed by atoms with van der Waals surface area (Å²) in [5, 5.41) is 5.34. The number of amides is 4. The van der Waals surface area contributed by atoms with Crippen molar-refractivity contribution >= 4 is 34.6 Å². The summed E-state index contributed by atoms with van der Waals surface area (Å²) >= 11 is 1.02. The van der Waals surface area contributed by atoms with Gasteiger partial charge in [-0.15, -0.1) is 0 Å². The van der Waals surface area contributed by atoms with E-state index in [1.807, 2.05) is 38.1 Å². The number of benzene rings is 2. The third-order valence-electron chi connectivity index (χ3n) is 4.14. The molecule has 1 fully saturated rings. The number of thioether (sulfide) groups is 1. The molecular weight excluding hydrogens is 390 g/mol. The average Bonchev–Trinajstić information content (AvgIpc) is 3.00. The topological polar surface area (TPSA) is 87.7 Å². The maximum atomic E-state index is 12.1. The average molecular weight is 413 g/mol. The van der Waals surface area contributed by atoms with E-state index in [1.165, 1.54) is 4.90 Å². The van der Waals surface area contributed by atoms with Gasteiger partial charge in [0.15, 0.2) is 0 Å². The van der Waals surface area contributed by atoms with Gasteiger partial charge >= 0.3 is 6.03 Å². The largest absolute Gasteiger partial charge is 0.491 e. The van der Waals surface area contributed by atoms with E-state index < -0.39 is 0 Å². The van der Waals surface area contributed by atoms with Gasteiger partial charge in [-0.1, -0.05) is 36.0 Å². The second-order valence-corrected chi connectivity index (χ2v) is 7.78. The summed E-state index contributed by atoms with van der Waals surface area (Å²) in [5.41, 5.74) is 2.41. The van der Waals surface area contributed by atoms with Crippen LogP contribution in [0.1, 0.15) is 25.0 Å². The Labute approximate surface area is 173 Å². The van der Waals surface area contributed by atoms with Crippen LogP contribution in [-0.4, -0.2) is 33.9 Å². The van der Waals surface area contributed by atoms with Crippen LogP contribution < -0.4 is 15.4 Å². The molecule has 29 heavy (non-hydrogen) atoms. The first-order chi connectivity index (χ1) is 13.9. The quantitative estimate of drug-likeness (QED) is 0.717. The lowest BCUT2D eigenvalue weighted by atomic mass is 10.2. The van der Waals surface area contributed by atoms with Gasteiger partial charge in [0.2, 0.25) is 5.91 Å². The number of carbonyl (C=O) groups excluding carboxylic acids is 3. The lowest BCUT2D eigenvalue weighted by Crippen LogP contribution is -2.28. The molecule has 2 aromatic carbocycles. The highest BCUT2D eigenvalue weighted by Crippen LogP contribution is 2.22. The van der Waals surface area contributed by atoms with Crippen molar-refractivity contribution in [2.75, 3.05) is 11.1 Å². The zero-order valence-corrected chi connectivity index (χ0v) is 17.1. The third kappa shape index (κ3) is 5.99. The van der Waals surface area contributed by atoms with Crippen molar-refractivity contribution in [2.45, 2.75) is 33.0 Å². The smallest absolute Gasteiger partial charge is 0.319 e. The number of urea groups is 1. The molecule has 1 aliphatic rings. The maximum absolute atomic E-state index is 12.1. The number of anilines is 1. The van der Waals surface area contributed by atoms with Crippen LogP contribution in [0.25, 0.3) is 0 Å². The van der Waals surface area contributed by atoms with Crippen LogP contribution in [0.15, 0.2) is 48.5 Å². The highest BCUT2D eigenvalue weighted by Gasteiger charge is 2.29. The molecule has 2 aromatic rings. The fraction of sp³-hybridized carbons (Fsp3) is 0.286. The van der Waals surface area contributed by atoms with E-state index in [9.17, 15) is 14.4 Å². The van der Waals surface area contributed by atoms with E-state index >= 15 is 0 Å². The van der Waals surface area contributed by atoms with Crippen LogP contribution in [0, 0.1) is 0 Å². The molecule has 2 N–H and O–H groups in total.